The Morgan fingerprint density at radius 2 is 1.81 bits per heavy atom. The van der Waals surface area contributed by atoms with E-state index in [0.29, 0.717) is 4.90 Å². The van der Waals surface area contributed by atoms with Gasteiger partial charge in [-0.3, -0.25) is 0 Å². The van der Waals surface area contributed by atoms with Gasteiger partial charge >= 0.3 is 0 Å². The Bertz CT molecular complexity index is 894. The molecule has 108 valence electrons. The SMILES string of the molecule is CCc1ccc2nc(-c3ccc(S(C)(=O)=O)cc3)[nH]c2c1. The summed E-state index contributed by atoms with van der Waals surface area (Å²) < 4.78 is 22.9. The molecule has 2 aromatic carbocycles. The molecule has 0 fully saturated rings. The van der Waals surface area contributed by atoms with Crippen molar-refractivity contribution in [2.24, 2.45) is 0 Å². The number of sulfone groups is 1. The first-order valence-electron chi connectivity index (χ1n) is 6.76. The molecule has 0 aliphatic heterocycles. The van der Waals surface area contributed by atoms with E-state index in [-0.39, 0.29) is 0 Å². The minimum Gasteiger partial charge on any atom is -0.338 e. The fourth-order valence-electron chi connectivity index (χ4n) is 2.27. The van der Waals surface area contributed by atoms with E-state index in [0.717, 1.165) is 28.8 Å². The number of imidazole rings is 1. The van der Waals surface area contributed by atoms with E-state index in [1.807, 2.05) is 6.07 Å². The second kappa shape index (κ2) is 5.00. The van der Waals surface area contributed by atoms with E-state index in [1.54, 1.807) is 24.3 Å². The number of fused-ring (bicyclic) bond motifs is 1. The summed E-state index contributed by atoms with van der Waals surface area (Å²) in [4.78, 5) is 8.14. The summed E-state index contributed by atoms with van der Waals surface area (Å²) in [7, 11) is -3.17. The monoisotopic (exact) mass is 300 g/mol. The predicted molar refractivity (Wildman–Crippen MR) is 84.0 cm³/mol. The summed E-state index contributed by atoms with van der Waals surface area (Å²) in [6.45, 7) is 2.11. The van der Waals surface area contributed by atoms with Gasteiger partial charge in [-0.15, -0.1) is 0 Å². The van der Waals surface area contributed by atoms with Crippen LogP contribution in [0.5, 0.6) is 0 Å². The van der Waals surface area contributed by atoms with Crippen molar-refractivity contribution in [3.05, 3.63) is 48.0 Å². The molecule has 1 heterocycles. The highest BCUT2D eigenvalue weighted by molar-refractivity contribution is 7.90. The van der Waals surface area contributed by atoms with Crippen molar-refractivity contribution in [3.63, 3.8) is 0 Å². The van der Waals surface area contributed by atoms with Crippen LogP contribution in [0.2, 0.25) is 0 Å². The number of benzene rings is 2. The van der Waals surface area contributed by atoms with Gasteiger partial charge in [0, 0.05) is 11.8 Å². The Labute approximate surface area is 123 Å². The zero-order valence-corrected chi connectivity index (χ0v) is 12.7. The summed E-state index contributed by atoms with van der Waals surface area (Å²) in [6.07, 6.45) is 2.18. The molecule has 0 saturated heterocycles. The van der Waals surface area contributed by atoms with Crippen molar-refractivity contribution in [1.82, 2.24) is 9.97 Å². The number of hydrogen-bond donors (Lipinski definition) is 1. The standard InChI is InChI=1S/C16H16N2O2S/c1-3-11-4-9-14-15(10-11)18-16(17-14)12-5-7-13(8-6-12)21(2,19)20/h4-10H,3H2,1-2H3,(H,17,18). The summed E-state index contributed by atoms with van der Waals surface area (Å²) in [5, 5.41) is 0. The lowest BCUT2D eigenvalue weighted by atomic mass is 10.1. The van der Waals surface area contributed by atoms with E-state index in [9.17, 15) is 8.42 Å². The quantitative estimate of drug-likeness (QED) is 0.808. The highest BCUT2D eigenvalue weighted by Gasteiger charge is 2.09. The number of H-pyrrole nitrogens is 1. The van der Waals surface area contributed by atoms with Crippen LogP contribution in [0.1, 0.15) is 12.5 Å². The Balaban J connectivity index is 2.04. The minimum atomic E-state index is -3.17. The maximum Gasteiger partial charge on any atom is 0.175 e. The molecule has 1 N–H and O–H groups in total. The third kappa shape index (κ3) is 2.69. The topological polar surface area (TPSA) is 62.8 Å². The highest BCUT2D eigenvalue weighted by atomic mass is 32.2. The molecule has 0 radical (unpaired) electrons. The Morgan fingerprint density at radius 1 is 1.10 bits per heavy atom. The van der Waals surface area contributed by atoms with E-state index in [2.05, 4.69) is 29.0 Å². The van der Waals surface area contributed by atoms with Crippen LogP contribution in [0.25, 0.3) is 22.4 Å². The van der Waals surface area contributed by atoms with Crippen LogP contribution in [0.4, 0.5) is 0 Å². The van der Waals surface area contributed by atoms with Crippen LogP contribution >= 0.6 is 0 Å². The normalized spacial score (nSPS) is 11.9. The average molecular weight is 300 g/mol. The molecule has 0 unspecified atom stereocenters. The third-order valence-corrected chi connectivity index (χ3v) is 4.64. The third-order valence-electron chi connectivity index (χ3n) is 3.51. The van der Waals surface area contributed by atoms with E-state index in [1.165, 1.54) is 11.8 Å². The number of aromatic nitrogens is 2. The molecule has 0 amide bonds. The fourth-order valence-corrected chi connectivity index (χ4v) is 2.90. The van der Waals surface area contributed by atoms with Crippen molar-refractivity contribution in [3.8, 4) is 11.4 Å². The highest BCUT2D eigenvalue weighted by Crippen LogP contribution is 2.22. The van der Waals surface area contributed by atoms with Crippen molar-refractivity contribution in [2.75, 3.05) is 6.26 Å². The number of aromatic amines is 1. The molecular formula is C16H16N2O2S. The smallest absolute Gasteiger partial charge is 0.175 e. The first-order valence-corrected chi connectivity index (χ1v) is 8.65. The maximum atomic E-state index is 11.5. The van der Waals surface area contributed by atoms with Crippen LogP contribution in [-0.2, 0) is 16.3 Å². The summed E-state index contributed by atoms with van der Waals surface area (Å²) in [5.41, 5.74) is 4.03. The molecule has 0 bridgehead atoms. The first-order chi connectivity index (χ1) is 9.97. The van der Waals surface area contributed by atoms with Crippen molar-refractivity contribution in [2.45, 2.75) is 18.2 Å². The van der Waals surface area contributed by atoms with Gasteiger partial charge in [0.05, 0.1) is 15.9 Å². The van der Waals surface area contributed by atoms with Crippen molar-refractivity contribution < 1.29 is 8.42 Å². The Morgan fingerprint density at radius 3 is 2.43 bits per heavy atom. The van der Waals surface area contributed by atoms with Crippen molar-refractivity contribution >= 4 is 20.9 Å². The molecule has 0 saturated carbocycles. The number of nitrogens with zero attached hydrogens (tertiary/aromatic N) is 1. The van der Waals surface area contributed by atoms with Gasteiger partial charge in [-0.25, -0.2) is 13.4 Å². The second-order valence-corrected chi connectivity index (χ2v) is 7.10. The Hall–Kier alpha value is -2.14. The number of rotatable bonds is 3. The van der Waals surface area contributed by atoms with E-state index in [4.69, 9.17) is 0 Å². The number of aryl methyl sites for hydroxylation is 1. The number of nitrogens with one attached hydrogen (secondary N) is 1. The molecule has 3 rings (SSSR count). The Kier molecular flexibility index (Phi) is 3.29. The van der Waals surface area contributed by atoms with Crippen LogP contribution in [0, 0.1) is 0 Å². The molecule has 4 nitrogen and oxygen atoms in total. The van der Waals surface area contributed by atoms with Crippen molar-refractivity contribution in [1.29, 1.82) is 0 Å². The molecule has 21 heavy (non-hydrogen) atoms. The lowest BCUT2D eigenvalue weighted by molar-refractivity contribution is 0.602. The molecule has 0 aliphatic rings. The molecule has 5 heteroatoms. The second-order valence-electron chi connectivity index (χ2n) is 5.09. The molecule has 0 spiro atoms. The van der Waals surface area contributed by atoms with Gasteiger partial charge in [-0.1, -0.05) is 13.0 Å². The largest absolute Gasteiger partial charge is 0.338 e. The van der Waals surface area contributed by atoms with Crippen LogP contribution < -0.4 is 0 Å². The molecule has 0 atom stereocenters. The molecule has 1 aromatic heterocycles. The first kappa shape index (κ1) is 13.8. The van der Waals surface area contributed by atoms with Crippen LogP contribution in [0.15, 0.2) is 47.4 Å². The van der Waals surface area contributed by atoms with Gasteiger partial charge in [-0.05, 0) is 48.4 Å². The zero-order chi connectivity index (χ0) is 15.0. The summed E-state index contributed by atoms with van der Waals surface area (Å²) in [5.74, 6) is 0.748. The predicted octanol–water partition coefficient (Wildman–Crippen LogP) is 3.20. The van der Waals surface area contributed by atoms with Crippen LogP contribution in [0.3, 0.4) is 0 Å². The summed E-state index contributed by atoms with van der Waals surface area (Å²) in [6, 6.07) is 12.9. The molecular weight excluding hydrogens is 284 g/mol. The van der Waals surface area contributed by atoms with E-state index >= 15 is 0 Å². The fraction of sp³-hybridized carbons (Fsp3) is 0.188. The van der Waals surface area contributed by atoms with Crippen LogP contribution in [-0.4, -0.2) is 24.6 Å². The zero-order valence-electron chi connectivity index (χ0n) is 11.9. The lowest BCUT2D eigenvalue weighted by Gasteiger charge is -2.00. The molecule has 0 aliphatic carbocycles. The minimum absolute atomic E-state index is 0.315. The van der Waals surface area contributed by atoms with E-state index < -0.39 is 9.84 Å². The average Bonchev–Trinajstić information content (AvgIpc) is 2.89. The lowest BCUT2D eigenvalue weighted by Crippen LogP contribution is -1.96. The number of hydrogen-bond acceptors (Lipinski definition) is 3. The summed E-state index contributed by atoms with van der Waals surface area (Å²) >= 11 is 0. The van der Waals surface area contributed by atoms with Gasteiger partial charge in [0.2, 0.25) is 0 Å². The van der Waals surface area contributed by atoms with Gasteiger partial charge in [0.1, 0.15) is 5.82 Å². The van der Waals surface area contributed by atoms with Gasteiger partial charge in [0.25, 0.3) is 0 Å². The van der Waals surface area contributed by atoms with Gasteiger partial charge in [0.15, 0.2) is 9.84 Å². The maximum absolute atomic E-state index is 11.5. The van der Waals surface area contributed by atoms with Gasteiger partial charge in [-0.2, -0.15) is 0 Å². The van der Waals surface area contributed by atoms with Gasteiger partial charge < -0.3 is 4.98 Å². The molecule has 3 aromatic rings.